The Hall–Kier alpha value is -1.70. The first kappa shape index (κ1) is 20.6. The van der Waals surface area contributed by atoms with Crippen molar-refractivity contribution in [3.05, 3.63) is 64.7 Å². The minimum absolute atomic E-state index is 0.183. The number of halogens is 1. The lowest BCUT2D eigenvalue weighted by Gasteiger charge is -2.16. The normalized spacial score (nSPS) is 11.2. The molecule has 0 radical (unpaired) electrons. The van der Waals surface area contributed by atoms with E-state index in [1.807, 2.05) is 24.3 Å². The molecule has 0 spiro atoms. The summed E-state index contributed by atoms with van der Waals surface area (Å²) in [5, 5.41) is 3.61. The van der Waals surface area contributed by atoms with E-state index in [9.17, 15) is 13.2 Å². The highest BCUT2D eigenvalue weighted by atomic mass is 35.5. The van der Waals surface area contributed by atoms with Crippen molar-refractivity contribution in [3.8, 4) is 0 Å². The van der Waals surface area contributed by atoms with Crippen molar-refractivity contribution in [3.63, 3.8) is 0 Å². The van der Waals surface area contributed by atoms with Crippen molar-refractivity contribution >= 4 is 45.0 Å². The van der Waals surface area contributed by atoms with Crippen LogP contribution in [0.15, 0.2) is 48.5 Å². The van der Waals surface area contributed by atoms with Gasteiger partial charge >= 0.3 is 0 Å². The molecule has 2 rings (SSSR count). The smallest absolute Gasteiger partial charge is 0.251 e. The summed E-state index contributed by atoms with van der Waals surface area (Å²) in [7, 11) is -1.84. The molecular formula is C18H21ClN2O3S2. The van der Waals surface area contributed by atoms with Crippen LogP contribution in [0.3, 0.4) is 0 Å². The van der Waals surface area contributed by atoms with Crippen molar-refractivity contribution in [1.82, 2.24) is 5.32 Å². The molecule has 0 bridgehead atoms. The number of nitrogens with zero attached hydrogens (tertiary/aromatic N) is 1. The number of nitrogens with one attached hydrogen (secondary N) is 1. The topological polar surface area (TPSA) is 66.5 Å². The third-order valence-corrected chi connectivity index (χ3v) is 6.32. The zero-order valence-electron chi connectivity index (χ0n) is 14.6. The number of rotatable bonds is 8. The van der Waals surface area contributed by atoms with E-state index >= 15 is 0 Å². The number of hydrogen-bond acceptors (Lipinski definition) is 4. The number of benzene rings is 2. The summed E-state index contributed by atoms with van der Waals surface area (Å²) < 4.78 is 24.2. The van der Waals surface area contributed by atoms with E-state index in [1.54, 1.807) is 36.0 Å². The second-order valence-corrected chi connectivity index (χ2v) is 9.20. The van der Waals surface area contributed by atoms with Gasteiger partial charge in [-0.3, -0.25) is 9.10 Å². The Morgan fingerprint density at radius 3 is 2.42 bits per heavy atom. The summed E-state index contributed by atoms with van der Waals surface area (Å²) in [5.74, 6) is 1.38. The van der Waals surface area contributed by atoms with Gasteiger partial charge in [-0.1, -0.05) is 29.8 Å². The molecule has 0 saturated carbocycles. The molecule has 0 unspecified atom stereocenters. The molecule has 0 aliphatic carbocycles. The maximum Gasteiger partial charge on any atom is 0.251 e. The van der Waals surface area contributed by atoms with Crippen LogP contribution in [0.1, 0.15) is 15.9 Å². The Bertz CT molecular complexity index is 855. The highest BCUT2D eigenvalue weighted by Gasteiger charge is 2.12. The Balaban J connectivity index is 1.78. The van der Waals surface area contributed by atoms with Crippen LogP contribution in [0.5, 0.6) is 0 Å². The van der Waals surface area contributed by atoms with E-state index in [1.165, 1.54) is 11.4 Å². The number of anilines is 1. The van der Waals surface area contributed by atoms with Crippen LogP contribution < -0.4 is 9.62 Å². The van der Waals surface area contributed by atoms with Crippen molar-refractivity contribution in [2.45, 2.75) is 5.75 Å². The van der Waals surface area contributed by atoms with Crippen LogP contribution in [0.4, 0.5) is 5.69 Å². The fourth-order valence-electron chi connectivity index (χ4n) is 2.15. The van der Waals surface area contributed by atoms with E-state index in [0.717, 1.165) is 28.3 Å². The molecule has 1 amide bonds. The van der Waals surface area contributed by atoms with Crippen LogP contribution in [0, 0.1) is 0 Å². The number of thioether (sulfide) groups is 1. The summed E-state index contributed by atoms with van der Waals surface area (Å²) in [6, 6.07) is 14.2. The van der Waals surface area contributed by atoms with Crippen molar-refractivity contribution in [1.29, 1.82) is 0 Å². The molecule has 140 valence electrons. The van der Waals surface area contributed by atoms with Gasteiger partial charge in [0.15, 0.2) is 0 Å². The number of sulfonamides is 1. The molecule has 0 aliphatic heterocycles. The van der Waals surface area contributed by atoms with Crippen LogP contribution >= 0.6 is 23.4 Å². The molecule has 0 aliphatic rings. The monoisotopic (exact) mass is 412 g/mol. The average Bonchev–Trinajstić information content (AvgIpc) is 2.61. The highest BCUT2D eigenvalue weighted by Crippen LogP contribution is 2.20. The van der Waals surface area contributed by atoms with E-state index in [2.05, 4.69) is 5.32 Å². The van der Waals surface area contributed by atoms with E-state index < -0.39 is 10.0 Å². The molecule has 26 heavy (non-hydrogen) atoms. The number of carbonyl (C=O) groups excluding carboxylic acids is 1. The number of amides is 1. The number of carbonyl (C=O) groups is 1. The van der Waals surface area contributed by atoms with Gasteiger partial charge in [-0.25, -0.2) is 8.42 Å². The lowest BCUT2D eigenvalue weighted by Crippen LogP contribution is -2.26. The molecule has 2 aromatic carbocycles. The molecule has 0 saturated heterocycles. The van der Waals surface area contributed by atoms with Gasteiger partial charge in [-0.2, -0.15) is 11.8 Å². The SMILES string of the molecule is CN(c1ccc(C(=O)NCCSCc2ccccc2Cl)cc1)S(C)(=O)=O. The molecule has 5 nitrogen and oxygen atoms in total. The largest absolute Gasteiger partial charge is 0.351 e. The molecule has 0 atom stereocenters. The third-order valence-electron chi connectivity index (χ3n) is 3.74. The standard InChI is InChI=1S/C18H21ClN2O3S2/c1-21(26(2,23)24)16-9-7-14(8-10-16)18(22)20-11-12-25-13-15-5-3-4-6-17(15)19/h3-10H,11-13H2,1-2H3,(H,20,22). The van der Waals surface area contributed by atoms with Crippen LogP contribution in [-0.4, -0.2) is 39.9 Å². The van der Waals surface area contributed by atoms with Gasteiger partial charge in [0.05, 0.1) is 11.9 Å². The highest BCUT2D eigenvalue weighted by molar-refractivity contribution is 7.98. The molecule has 0 heterocycles. The lowest BCUT2D eigenvalue weighted by atomic mass is 10.2. The summed E-state index contributed by atoms with van der Waals surface area (Å²) in [5.41, 5.74) is 2.09. The quantitative estimate of drug-likeness (QED) is 0.675. The van der Waals surface area contributed by atoms with Crippen LogP contribution in [-0.2, 0) is 15.8 Å². The summed E-state index contributed by atoms with van der Waals surface area (Å²) >= 11 is 7.80. The molecule has 1 N–H and O–H groups in total. The average molecular weight is 413 g/mol. The van der Waals surface area contributed by atoms with E-state index in [4.69, 9.17) is 11.6 Å². The van der Waals surface area contributed by atoms with Crippen LogP contribution in [0.2, 0.25) is 5.02 Å². The lowest BCUT2D eigenvalue weighted by molar-refractivity contribution is 0.0956. The fraction of sp³-hybridized carbons (Fsp3) is 0.278. The van der Waals surface area contributed by atoms with E-state index in [-0.39, 0.29) is 5.91 Å². The fourth-order valence-corrected chi connectivity index (χ4v) is 3.80. The molecule has 2 aromatic rings. The zero-order chi connectivity index (χ0) is 19.2. The van der Waals surface area contributed by atoms with Crippen molar-refractivity contribution in [2.75, 3.05) is 29.9 Å². The van der Waals surface area contributed by atoms with Gasteiger partial charge < -0.3 is 5.32 Å². The summed E-state index contributed by atoms with van der Waals surface area (Å²) in [6.07, 6.45) is 1.13. The predicted octanol–water partition coefficient (Wildman–Crippen LogP) is 3.40. The zero-order valence-corrected chi connectivity index (χ0v) is 17.0. The molecule has 0 aromatic heterocycles. The minimum Gasteiger partial charge on any atom is -0.351 e. The first-order chi connectivity index (χ1) is 12.3. The van der Waals surface area contributed by atoms with Crippen molar-refractivity contribution < 1.29 is 13.2 Å². The Kier molecular flexibility index (Phi) is 7.37. The molecular weight excluding hydrogens is 392 g/mol. The maximum absolute atomic E-state index is 12.1. The van der Waals surface area contributed by atoms with Crippen LogP contribution in [0.25, 0.3) is 0 Å². The van der Waals surface area contributed by atoms with Gasteiger partial charge in [-0.15, -0.1) is 0 Å². The maximum atomic E-state index is 12.1. The van der Waals surface area contributed by atoms with Gasteiger partial charge in [-0.05, 0) is 35.9 Å². The van der Waals surface area contributed by atoms with Gasteiger partial charge in [0.25, 0.3) is 5.91 Å². The molecule has 8 heteroatoms. The second-order valence-electron chi connectivity index (χ2n) is 5.68. The predicted molar refractivity (Wildman–Crippen MR) is 110 cm³/mol. The Morgan fingerprint density at radius 1 is 1.15 bits per heavy atom. The molecule has 0 fully saturated rings. The van der Waals surface area contributed by atoms with Gasteiger partial charge in [0, 0.05) is 35.7 Å². The van der Waals surface area contributed by atoms with Gasteiger partial charge in [0.2, 0.25) is 10.0 Å². The first-order valence-electron chi connectivity index (χ1n) is 7.92. The Labute approximate surface area is 163 Å². The van der Waals surface area contributed by atoms with Crippen molar-refractivity contribution in [2.24, 2.45) is 0 Å². The summed E-state index contributed by atoms with van der Waals surface area (Å²) in [4.78, 5) is 12.1. The summed E-state index contributed by atoms with van der Waals surface area (Å²) in [6.45, 7) is 0.541. The minimum atomic E-state index is -3.31. The number of hydrogen-bond donors (Lipinski definition) is 1. The third kappa shape index (κ3) is 5.93. The van der Waals surface area contributed by atoms with E-state index in [0.29, 0.717) is 17.8 Å². The van der Waals surface area contributed by atoms with Gasteiger partial charge in [0.1, 0.15) is 0 Å². The first-order valence-corrected chi connectivity index (χ1v) is 11.3. The second kappa shape index (κ2) is 9.30. The Morgan fingerprint density at radius 2 is 1.81 bits per heavy atom.